The lowest BCUT2D eigenvalue weighted by Crippen LogP contribution is -2.30. The van der Waals surface area contributed by atoms with Gasteiger partial charge >= 0.3 is 17.9 Å². The molecule has 0 spiro atoms. The van der Waals surface area contributed by atoms with Gasteiger partial charge in [-0.15, -0.1) is 0 Å². The third-order valence-corrected chi connectivity index (χ3v) is 15.3. The summed E-state index contributed by atoms with van der Waals surface area (Å²) in [4.78, 5) is 38.3. The molecule has 0 aromatic heterocycles. The zero-order valence-electron chi connectivity index (χ0n) is 54.2. The first-order valence-corrected chi connectivity index (χ1v) is 35.2. The van der Waals surface area contributed by atoms with Gasteiger partial charge in [-0.1, -0.05) is 323 Å². The maximum absolute atomic E-state index is 12.9. The van der Waals surface area contributed by atoms with Gasteiger partial charge in [-0.05, 0) is 103 Å². The Hall–Kier alpha value is -3.67. The number of ether oxygens (including phenoxy) is 3. The molecule has 0 radical (unpaired) electrons. The van der Waals surface area contributed by atoms with Crippen molar-refractivity contribution in [3.63, 3.8) is 0 Å². The second-order valence-corrected chi connectivity index (χ2v) is 23.4. The number of carbonyl (C=O) groups is 3. The van der Waals surface area contributed by atoms with Crippen LogP contribution in [-0.4, -0.2) is 37.2 Å². The Morgan fingerprint density at radius 1 is 0.256 bits per heavy atom. The van der Waals surface area contributed by atoms with Gasteiger partial charge < -0.3 is 14.2 Å². The van der Waals surface area contributed by atoms with E-state index in [1.807, 2.05) is 0 Å². The molecule has 0 saturated heterocycles. The standard InChI is InChI=1S/C76H132O6/c1-4-7-10-13-16-19-22-24-26-28-30-32-34-36-38-40-42-44-46-48-50-52-54-57-60-63-66-69-75(78)81-72-73(71-80-74(77)68-65-62-59-56-21-18-15-12-9-6-3)82-76(79)70-67-64-61-58-55-53-51-49-47-45-43-41-39-37-35-33-31-29-27-25-23-20-17-14-11-8-5-2/h7,10,16,19,23-26,29-32,36,38,42,44,73H,4-6,8-9,11-15,17-18,20-22,27-28,33-35,37,39-41,43,45-72H2,1-3H3/b10-7-,19-16-,25-23-,26-24-,31-29-,32-30-,38-36-,44-42-. The third kappa shape index (κ3) is 67.1. The van der Waals surface area contributed by atoms with Crippen LogP contribution in [0.2, 0.25) is 0 Å². The average Bonchev–Trinajstić information content (AvgIpc) is 3.48. The molecule has 0 aliphatic carbocycles. The molecule has 6 nitrogen and oxygen atoms in total. The van der Waals surface area contributed by atoms with Gasteiger partial charge in [0.05, 0.1) is 0 Å². The van der Waals surface area contributed by atoms with Gasteiger partial charge in [0.15, 0.2) is 6.10 Å². The highest BCUT2D eigenvalue weighted by molar-refractivity contribution is 5.71. The molecule has 0 aliphatic rings. The van der Waals surface area contributed by atoms with E-state index in [-0.39, 0.29) is 31.1 Å². The van der Waals surface area contributed by atoms with E-state index in [2.05, 4.69) is 118 Å². The average molecular weight is 1140 g/mol. The first-order chi connectivity index (χ1) is 40.5. The van der Waals surface area contributed by atoms with Crippen LogP contribution in [-0.2, 0) is 28.6 Å². The highest BCUT2D eigenvalue weighted by Gasteiger charge is 2.19. The van der Waals surface area contributed by atoms with Crippen LogP contribution in [0.3, 0.4) is 0 Å². The van der Waals surface area contributed by atoms with E-state index in [1.165, 1.54) is 199 Å². The largest absolute Gasteiger partial charge is 0.462 e. The number of unbranched alkanes of at least 4 members (excludes halogenated alkanes) is 37. The van der Waals surface area contributed by atoms with Crippen LogP contribution < -0.4 is 0 Å². The quantitative estimate of drug-likeness (QED) is 0.0261. The van der Waals surface area contributed by atoms with Crippen LogP contribution in [0.1, 0.15) is 348 Å². The van der Waals surface area contributed by atoms with Crippen molar-refractivity contribution < 1.29 is 28.6 Å². The lowest BCUT2D eigenvalue weighted by atomic mass is 10.0. The third-order valence-electron chi connectivity index (χ3n) is 15.3. The summed E-state index contributed by atoms with van der Waals surface area (Å²) in [7, 11) is 0. The topological polar surface area (TPSA) is 78.9 Å². The van der Waals surface area contributed by atoms with Crippen LogP contribution in [0.25, 0.3) is 0 Å². The molecule has 6 heteroatoms. The molecule has 0 heterocycles. The van der Waals surface area contributed by atoms with E-state index in [9.17, 15) is 14.4 Å². The zero-order valence-corrected chi connectivity index (χ0v) is 54.2. The molecule has 0 rings (SSSR count). The molecular formula is C76H132O6. The van der Waals surface area contributed by atoms with Gasteiger partial charge in [-0.3, -0.25) is 14.4 Å². The van der Waals surface area contributed by atoms with Crippen molar-refractivity contribution in [1.82, 2.24) is 0 Å². The fourth-order valence-corrected chi connectivity index (χ4v) is 10.1. The molecule has 0 amide bonds. The molecular weight excluding hydrogens is 1010 g/mol. The summed E-state index contributed by atoms with van der Waals surface area (Å²) in [6.45, 7) is 6.54. The summed E-state index contributed by atoms with van der Waals surface area (Å²) in [5, 5.41) is 0. The predicted molar refractivity (Wildman–Crippen MR) is 357 cm³/mol. The van der Waals surface area contributed by atoms with Crippen LogP contribution in [0.4, 0.5) is 0 Å². The Balaban J connectivity index is 4.22. The fraction of sp³-hybridized carbons (Fsp3) is 0.750. The van der Waals surface area contributed by atoms with Gasteiger partial charge in [0.2, 0.25) is 0 Å². The van der Waals surface area contributed by atoms with E-state index in [0.29, 0.717) is 19.3 Å². The summed E-state index contributed by atoms with van der Waals surface area (Å²) >= 11 is 0. The van der Waals surface area contributed by atoms with Gasteiger partial charge in [-0.2, -0.15) is 0 Å². The summed E-state index contributed by atoms with van der Waals surface area (Å²) < 4.78 is 16.9. The molecule has 0 saturated carbocycles. The predicted octanol–water partition coefficient (Wildman–Crippen LogP) is 24.4. The van der Waals surface area contributed by atoms with Crippen LogP contribution >= 0.6 is 0 Å². The molecule has 0 aliphatic heterocycles. The molecule has 0 bridgehead atoms. The Labute approximate surface area is 508 Å². The molecule has 82 heavy (non-hydrogen) atoms. The smallest absolute Gasteiger partial charge is 0.306 e. The summed E-state index contributed by atoms with van der Waals surface area (Å²) in [6, 6.07) is 0. The van der Waals surface area contributed by atoms with Gasteiger partial charge in [-0.25, -0.2) is 0 Å². The van der Waals surface area contributed by atoms with E-state index in [4.69, 9.17) is 14.2 Å². The van der Waals surface area contributed by atoms with Crippen molar-refractivity contribution in [3.05, 3.63) is 97.2 Å². The van der Waals surface area contributed by atoms with Crippen molar-refractivity contribution in [1.29, 1.82) is 0 Å². The van der Waals surface area contributed by atoms with E-state index in [1.54, 1.807) is 0 Å². The fourth-order valence-electron chi connectivity index (χ4n) is 10.1. The van der Waals surface area contributed by atoms with Crippen molar-refractivity contribution in [2.75, 3.05) is 13.2 Å². The molecule has 0 N–H and O–H groups in total. The number of hydrogen-bond donors (Lipinski definition) is 0. The van der Waals surface area contributed by atoms with Crippen LogP contribution in [0.5, 0.6) is 0 Å². The minimum absolute atomic E-state index is 0.0764. The Morgan fingerprint density at radius 3 is 0.744 bits per heavy atom. The summed E-state index contributed by atoms with van der Waals surface area (Å²) in [6.07, 6.45) is 94.4. The lowest BCUT2D eigenvalue weighted by Gasteiger charge is -2.18. The number of allylic oxidation sites excluding steroid dienone is 16. The summed E-state index contributed by atoms with van der Waals surface area (Å²) in [5.74, 6) is -0.872. The minimum Gasteiger partial charge on any atom is -0.462 e. The van der Waals surface area contributed by atoms with Crippen molar-refractivity contribution >= 4 is 17.9 Å². The highest BCUT2D eigenvalue weighted by atomic mass is 16.6. The molecule has 472 valence electrons. The van der Waals surface area contributed by atoms with Crippen molar-refractivity contribution in [3.8, 4) is 0 Å². The Morgan fingerprint density at radius 2 is 0.476 bits per heavy atom. The number of hydrogen-bond acceptors (Lipinski definition) is 6. The number of rotatable bonds is 64. The van der Waals surface area contributed by atoms with Crippen LogP contribution in [0, 0.1) is 0 Å². The molecule has 0 aromatic rings. The lowest BCUT2D eigenvalue weighted by molar-refractivity contribution is -0.167. The Bertz CT molecular complexity index is 1590. The van der Waals surface area contributed by atoms with Gasteiger partial charge in [0.25, 0.3) is 0 Å². The monoisotopic (exact) mass is 1140 g/mol. The second kappa shape index (κ2) is 69.8. The van der Waals surface area contributed by atoms with E-state index in [0.717, 1.165) is 109 Å². The maximum Gasteiger partial charge on any atom is 0.306 e. The first kappa shape index (κ1) is 78.3. The zero-order chi connectivity index (χ0) is 59.2. The van der Waals surface area contributed by atoms with E-state index < -0.39 is 6.10 Å². The van der Waals surface area contributed by atoms with Crippen molar-refractivity contribution in [2.24, 2.45) is 0 Å². The van der Waals surface area contributed by atoms with Crippen LogP contribution in [0.15, 0.2) is 97.2 Å². The van der Waals surface area contributed by atoms with Gasteiger partial charge in [0, 0.05) is 19.3 Å². The van der Waals surface area contributed by atoms with Crippen molar-refractivity contribution in [2.45, 2.75) is 354 Å². The molecule has 1 atom stereocenters. The Kier molecular flexibility index (Phi) is 66.7. The highest BCUT2D eigenvalue weighted by Crippen LogP contribution is 2.17. The first-order valence-electron chi connectivity index (χ1n) is 35.2. The number of esters is 3. The normalized spacial score (nSPS) is 12.7. The van der Waals surface area contributed by atoms with E-state index >= 15 is 0 Å². The molecule has 1 unspecified atom stereocenters. The second-order valence-electron chi connectivity index (χ2n) is 23.4. The molecule has 0 fully saturated rings. The molecule has 0 aromatic carbocycles. The SMILES string of the molecule is CC/C=C\C/C=C\C/C=C\C/C=C\C/C=C\C/C=C\CCCCCCCCCCC(=O)OCC(COC(=O)CCCCCCCCCCCC)OC(=O)CCCCCCCCCCCCCCCCC/C=C\C/C=C\CCCCCCC. The number of carbonyl (C=O) groups excluding carboxylic acids is 3. The summed E-state index contributed by atoms with van der Waals surface area (Å²) in [5.41, 5.74) is 0. The maximum atomic E-state index is 12.9. The van der Waals surface area contributed by atoms with Gasteiger partial charge in [0.1, 0.15) is 13.2 Å². The minimum atomic E-state index is -0.780.